The molecule has 0 unspecified atom stereocenters. The molecule has 0 aromatic heterocycles. The van der Waals surface area contributed by atoms with Crippen molar-refractivity contribution in [3.05, 3.63) is 107 Å². The number of carbonyl (C=O) groups is 1. The zero-order chi connectivity index (χ0) is 17.5. The van der Waals surface area contributed by atoms with Crippen LogP contribution in [0.15, 0.2) is 84.9 Å². The van der Waals surface area contributed by atoms with Crippen molar-refractivity contribution in [3.8, 4) is 0 Å². The highest BCUT2D eigenvalue weighted by Gasteiger charge is 2.16. The number of carbonyl (C=O) groups excluding carboxylic acids is 1. The summed E-state index contributed by atoms with van der Waals surface area (Å²) >= 11 is 5.94. The summed E-state index contributed by atoms with van der Waals surface area (Å²) in [5.74, 6) is 0.0245. The molecule has 0 aliphatic heterocycles. The van der Waals surface area contributed by atoms with E-state index in [4.69, 9.17) is 11.6 Å². The fourth-order valence-corrected chi connectivity index (χ4v) is 2.87. The largest absolute Gasteiger partial charge is 0.334 e. The molecule has 0 fully saturated rings. The summed E-state index contributed by atoms with van der Waals surface area (Å²) in [5.41, 5.74) is 3.01. The van der Waals surface area contributed by atoms with E-state index < -0.39 is 0 Å². The molecule has 0 saturated carbocycles. The zero-order valence-electron chi connectivity index (χ0n) is 13.9. The summed E-state index contributed by atoms with van der Waals surface area (Å²) in [6, 6.07) is 27.4. The molecule has 126 valence electrons. The summed E-state index contributed by atoms with van der Waals surface area (Å²) < 4.78 is 0. The Morgan fingerprint density at radius 1 is 0.760 bits per heavy atom. The first-order valence-corrected chi connectivity index (χ1v) is 8.73. The molecule has 0 aliphatic carbocycles. The van der Waals surface area contributed by atoms with Gasteiger partial charge in [0.2, 0.25) is 0 Å². The van der Waals surface area contributed by atoms with Crippen LogP contribution in [0.25, 0.3) is 0 Å². The molecule has 0 N–H and O–H groups in total. The van der Waals surface area contributed by atoms with E-state index in [9.17, 15) is 4.79 Å². The molecule has 3 heteroatoms. The average Bonchev–Trinajstić information content (AvgIpc) is 2.67. The monoisotopic (exact) mass is 349 g/mol. The third-order valence-electron chi connectivity index (χ3n) is 4.11. The highest BCUT2D eigenvalue weighted by molar-refractivity contribution is 6.30. The summed E-state index contributed by atoms with van der Waals surface area (Å²) in [6.07, 6.45) is 0.826. The summed E-state index contributed by atoms with van der Waals surface area (Å²) in [6.45, 7) is 1.26. The minimum Gasteiger partial charge on any atom is -0.334 e. The maximum absolute atomic E-state index is 13.0. The maximum atomic E-state index is 13.0. The Hall–Kier alpha value is -2.58. The molecule has 0 atom stereocenters. The number of amides is 1. The number of nitrogens with zero attached hydrogens (tertiary/aromatic N) is 1. The second kappa shape index (κ2) is 8.50. The van der Waals surface area contributed by atoms with Crippen LogP contribution in [-0.4, -0.2) is 17.4 Å². The minimum atomic E-state index is 0.0245. The first kappa shape index (κ1) is 17.2. The van der Waals surface area contributed by atoms with Gasteiger partial charge < -0.3 is 4.90 Å². The van der Waals surface area contributed by atoms with Gasteiger partial charge in [0, 0.05) is 23.7 Å². The molecule has 3 aromatic rings. The van der Waals surface area contributed by atoms with Crippen LogP contribution >= 0.6 is 11.6 Å². The van der Waals surface area contributed by atoms with Crippen LogP contribution in [0.5, 0.6) is 0 Å². The predicted octanol–water partition coefficient (Wildman–Crippen LogP) is 5.23. The molecule has 0 radical (unpaired) electrons. The number of benzene rings is 3. The van der Waals surface area contributed by atoms with E-state index in [1.807, 2.05) is 53.4 Å². The van der Waals surface area contributed by atoms with Crippen LogP contribution in [0.3, 0.4) is 0 Å². The van der Waals surface area contributed by atoms with E-state index in [1.54, 1.807) is 24.3 Å². The van der Waals surface area contributed by atoms with Crippen molar-refractivity contribution in [2.24, 2.45) is 0 Å². The molecule has 0 aliphatic rings. The van der Waals surface area contributed by atoms with Gasteiger partial charge in [0.05, 0.1) is 0 Å². The smallest absolute Gasteiger partial charge is 0.254 e. The van der Waals surface area contributed by atoms with Gasteiger partial charge in [0.15, 0.2) is 0 Å². The van der Waals surface area contributed by atoms with Gasteiger partial charge in [-0.1, -0.05) is 72.3 Å². The molecular formula is C22H20ClNO. The van der Waals surface area contributed by atoms with Gasteiger partial charge in [0.25, 0.3) is 5.91 Å². The van der Waals surface area contributed by atoms with E-state index in [0.29, 0.717) is 23.7 Å². The van der Waals surface area contributed by atoms with Crippen LogP contribution in [0, 0.1) is 0 Å². The molecule has 0 heterocycles. The van der Waals surface area contributed by atoms with Crippen LogP contribution in [0.1, 0.15) is 21.5 Å². The number of hydrogen-bond donors (Lipinski definition) is 0. The Balaban J connectivity index is 1.77. The van der Waals surface area contributed by atoms with E-state index >= 15 is 0 Å². The maximum Gasteiger partial charge on any atom is 0.254 e. The molecule has 0 saturated heterocycles. The second-order valence-corrected chi connectivity index (χ2v) is 6.39. The lowest BCUT2D eigenvalue weighted by Crippen LogP contribution is -2.32. The molecule has 2 nitrogen and oxygen atoms in total. The molecule has 3 aromatic carbocycles. The van der Waals surface area contributed by atoms with Crippen molar-refractivity contribution in [2.75, 3.05) is 6.54 Å². The Labute approximate surface area is 153 Å². The minimum absolute atomic E-state index is 0.0245. The second-order valence-electron chi connectivity index (χ2n) is 5.95. The first-order valence-electron chi connectivity index (χ1n) is 8.35. The van der Waals surface area contributed by atoms with E-state index in [-0.39, 0.29) is 5.91 Å². The highest BCUT2D eigenvalue weighted by atomic mass is 35.5. The number of hydrogen-bond acceptors (Lipinski definition) is 1. The van der Waals surface area contributed by atoms with Crippen molar-refractivity contribution in [1.82, 2.24) is 4.90 Å². The fraction of sp³-hybridized carbons (Fsp3) is 0.136. The molecule has 1 amide bonds. The molecule has 0 spiro atoms. The summed E-state index contributed by atoms with van der Waals surface area (Å²) in [5, 5.41) is 0.635. The predicted molar refractivity (Wildman–Crippen MR) is 103 cm³/mol. The molecule has 0 bridgehead atoms. The Kier molecular flexibility index (Phi) is 5.86. The van der Waals surface area contributed by atoms with Crippen molar-refractivity contribution < 1.29 is 4.79 Å². The van der Waals surface area contributed by atoms with Crippen LogP contribution in [0.2, 0.25) is 5.02 Å². The van der Waals surface area contributed by atoms with Crippen molar-refractivity contribution >= 4 is 17.5 Å². The van der Waals surface area contributed by atoms with Gasteiger partial charge in [-0.2, -0.15) is 0 Å². The lowest BCUT2D eigenvalue weighted by atomic mass is 10.1. The molecule has 25 heavy (non-hydrogen) atoms. The average molecular weight is 350 g/mol. The van der Waals surface area contributed by atoms with E-state index in [2.05, 4.69) is 12.1 Å². The van der Waals surface area contributed by atoms with Gasteiger partial charge in [-0.15, -0.1) is 0 Å². The van der Waals surface area contributed by atoms with Crippen molar-refractivity contribution in [3.63, 3.8) is 0 Å². The first-order chi connectivity index (χ1) is 12.2. The topological polar surface area (TPSA) is 20.3 Å². The Bertz CT molecular complexity index is 800. The third kappa shape index (κ3) is 4.94. The van der Waals surface area contributed by atoms with Gasteiger partial charge in [-0.25, -0.2) is 0 Å². The van der Waals surface area contributed by atoms with Gasteiger partial charge in [-0.05, 0) is 41.8 Å². The lowest BCUT2D eigenvalue weighted by Gasteiger charge is -2.23. The quantitative estimate of drug-likeness (QED) is 0.597. The lowest BCUT2D eigenvalue weighted by molar-refractivity contribution is 0.0745. The standard InChI is InChI=1S/C22H20ClNO/c23-21-13-11-20(12-14-21)22(25)24(17-19-9-5-2-6-10-19)16-15-18-7-3-1-4-8-18/h1-14H,15-17H2. The third-order valence-corrected chi connectivity index (χ3v) is 4.36. The van der Waals surface area contributed by atoms with E-state index in [0.717, 1.165) is 12.0 Å². The molecule has 3 rings (SSSR count). The van der Waals surface area contributed by atoms with Crippen LogP contribution in [-0.2, 0) is 13.0 Å². The Morgan fingerprint density at radius 3 is 1.92 bits per heavy atom. The van der Waals surface area contributed by atoms with Gasteiger partial charge in [0.1, 0.15) is 0 Å². The summed E-state index contributed by atoms with van der Waals surface area (Å²) in [4.78, 5) is 14.9. The number of halogens is 1. The van der Waals surface area contributed by atoms with E-state index in [1.165, 1.54) is 5.56 Å². The zero-order valence-corrected chi connectivity index (χ0v) is 14.7. The van der Waals surface area contributed by atoms with Crippen molar-refractivity contribution in [2.45, 2.75) is 13.0 Å². The van der Waals surface area contributed by atoms with Crippen molar-refractivity contribution in [1.29, 1.82) is 0 Å². The summed E-state index contributed by atoms with van der Waals surface area (Å²) in [7, 11) is 0. The normalized spacial score (nSPS) is 10.4. The fourth-order valence-electron chi connectivity index (χ4n) is 2.74. The van der Waals surface area contributed by atoms with Gasteiger partial charge >= 0.3 is 0 Å². The highest BCUT2D eigenvalue weighted by Crippen LogP contribution is 2.14. The Morgan fingerprint density at radius 2 is 1.32 bits per heavy atom. The van der Waals surface area contributed by atoms with Crippen LogP contribution < -0.4 is 0 Å². The van der Waals surface area contributed by atoms with Crippen LogP contribution in [0.4, 0.5) is 0 Å². The SMILES string of the molecule is O=C(c1ccc(Cl)cc1)N(CCc1ccccc1)Cc1ccccc1. The number of rotatable bonds is 6. The van der Waals surface area contributed by atoms with Gasteiger partial charge in [-0.3, -0.25) is 4.79 Å². The molecular weight excluding hydrogens is 330 g/mol.